The Morgan fingerprint density at radius 3 is 2.14 bits per heavy atom. The molecule has 1 amide bonds. The van der Waals surface area contributed by atoms with Crippen LogP contribution in [-0.2, 0) is 9.53 Å². The predicted molar refractivity (Wildman–Crippen MR) is 85.1 cm³/mol. The van der Waals surface area contributed by atoms with Crippen molar-refractivity contribution in [2.24, 2.45) is 11.1 Å². The summed E-state index contributed by atoms with van der Waals surface area (Å²) in [7, 11) is 0. The van der Waals surface area contributed by atoms with Crippen molar-refractivity contribution in [3.63, 3.8) is 0 Å². The summed E-state index contributed by atoms with van der Waals surface area (Å²) < 4.78 is 30.0. The van der Waals surface area contributed by atoms with Crippen LogP contribution in [0.25, 0.3) is 0 Å². The number of hydrogen-bond donors (Lipinski definition) is 1. The number of rotatable bonds is 4. The van der Waals surface area contributed by atoms with Crippen LogP contribution in [0.5, 0.6) is 0 Å². The van der Waals surface area contributed by atoms with Crippen LogP contribution in [-0.4, -0.2) is 74.6 Å². The van der Waals surface area contributed by atoms with Crippen LogP contribution >= 0.6 is 24.8 Å². The fourth-order valence-corrected chi connectivity index (χ4v) is 2.93. The van der Waals surface area contributed by atoms with E-state index >= 15 is 0 Å². The summed E-state index contributed by atoms with van der Waals surface area (Å²) in [6.45, 7) is 3.27. The number of ether oxygens (including phenoxy) is 1. The van der Waals surface area contributed by atoms with E-state index in [4.69, 9.17) is 10.5 Å². The van der Waals surface area contributed by atoms with Gasteiger partial charge < -0.3 is 15.4 Å². The lowest BCUT2D eigenvalue weighted by Gasteiger charge is -2.42. The minimum absolute atomic E-state index is 0. The molecule has 2 aliphatic rings. The molecule has 22 heavy (non-hydrogen) atoms. The van der Waals surface area contributed by atoms with Gasteiger partial charge in [0.05, 0.1) is 12.0 Å². The molecule has 9 heteroatoms. The van der Waals surface area contributed by atoms with Gasteiger partial charge in [-0.1, -0.05) is 0 Å². The van der Waals surface area contributed by atoms with E-state index in [0.717, 1.165) is 0 Å². The van der Waals surface area contributed by atoms with Gasteiger partial charge in [-0.05, 0) is 12.8 Å². The first-order valence-electron chi connectivity index (χ1n) is 7.15. The second kappa shape index (κ2) is 9.82. The first kappa shape index (κ1) is 21.8. The highest BCUT2D eigenvalue weighted by molar-refractivity contribution is 5.85. The first-order chi connectivity index (χ1) is 9.57. The summed E-state index contributed by atoms with van der Waals surface area (Å²) in [6.07, 6.45) is -1.01. The lowest BCUT2D eigenvalue weighted by Crippen LogP contribution is -2.56. The Labute approximate surface area is 142 Å². The highest BCUT2D eigenvalue weighted by Crippen LogP contribution is 2.32. The predicted octanol–water partition coefficient (Wildman–Crippen LogP) is 0.995. The Balaban J connectivity index is 0.00000220. The molecule has 0 spiro atoms. The van der Waals surface area contributed by atoms with E-state index in [1.807, 2.05) is 0 Å². The quantitative estimate of drug-likeness (QED) is 0.809. The standard InChI is InChI=1S/C13H23F2N3O2.2ClH/c14-11(15)9-17-3-5-18(6-4-17)12(19)13(10-16)1-7-20-8-2-13;;/h11H,1-10,16H2;2*1H. The molecule has 2 saturated heterocycles. The molecule has 2 rings (SSSR count). The molecule has 2 fully saturated rings. The lowest BCUT2D eigenvalue weighted by molar-refractivity contribution is -0.149. The number of nitrogens with two attached hydrogens (primary N) is 1. The van der Waals surface area contributed by atoms with Crippen molar-refractivity contribution in [1.82, 2.24) is 9.80 Å². The zero-order chi connectivity index (χ0) is 14.6. The van der Waals surface area contributed by atoms with E-state index in [1.165, 1.54) is 0 Å². The molecule has 0 atom stereocenters. The molecular weight excluding hydrogens is 339 g/mol. The molecular formula is C13H25Cl2F2N3O2. The Morgan fingerprint density at radius 1 is 1.14 bits per heavy atom. The summed E-state index contributed by atoms with van der Waals surface area (Å²) >= 11 is 0. The molecule has 0 radical (unpaired) electrons. The van der Waals surface area contributed by atoms with Crippen LogP contribution in [0.4, 0.5) is 8.78 Å². The number of alkyl halides is 2. The Hall–Kier alpha value is -0.210. The minimum atomic E-state index is -2.32. The fourth-order valence-electron chi connectivity index (χ4n) is 2.93. The van der Waals surface area contributed by atoms with Gasteiger partial charge in [0, 0.05) is 45.9 Å². The number of carbonyl (C=O) groups excluding carboxylic acids is 1. The van der Waals surface area contributed by atoms with E-state index in [2.05, 4.69) is 0 Å². The molecule has 2 aliphatic heterocycles. The molecule has 0 aromatic rings. The van der Waals surface area contributed by atoms with Gasteiger partial charge in [0.2, 0.25) is 5.91 Å². The van der Waals surface area contributed by atoms with Crippen LogP contribution in [0.2, 0.25) is 0 Å². The molecule has 2 N–H and O–H groups in total. The highest BCUT2D eigenvalue weighted by Gasteiger charge is 2.42. The summed E-state index contributed by atoms with van der Waals surface area (Å²) in [4.78, 5) is 16.1. The third-order valence-corrected chi connectivity index (χ3v) is 4.35. The van der Waals surface area contributed by atoms with Crippen LogP contribution in [0.3, 0.4) is 0 Å². The second-order valence-corrected chi connectivity index (χ2v) is 5.58. The van der Waals surface area contributed by atoms with Gasteiger partial charge in [-0.2, -0.15) is 0 Å². The Bertz CT molecular complexity index is 337. The largest absolute Gasteiger partial charge is 0.381 e. The van der Waals surface area contributed by atoms with E-state index in [9.17, 15) is 13.6 Å². The van der Waals surface area contributed by atoms with Crippen molar-refractivity contribution in [2.45, 2.75) is 19.3 Å². The number of nitrogens with zero attached hydrogens (tertiary/aromatic N) is 2. The van der Waals surface area contributed by atoms with E-state index in [-0.39, 0.29) is 37.3 Å². The van der Waals surface area contributed by atoms with Crippen LogP contribution in [0.1, 0.15) is 12.8 Å². The van der Waals surface area contributed by atoms with Crippen molar-refractivity contribution >= 4 is 30.7 Å². The van der Waals surface area contributed by atoms with Crippen molar-refractivity contribution in [1.29, 1.82) is 0 Å². The zero-order valence-electron chi connectivity index (χ0n) is 12.5. The van der Waals surface area contributed by atoms with Gasteiger partial charge in [0.1, 0.15) is 0 Å². The third kappa shape index (κ3) is 5.16. The maximum Gasteiger partial charge on any atom is 0.251 e. The minimum Gasteiger partial charge on any atom is -0.381 e. The topological polar surface area (TPSA) is 58.8 Å². The zero-order valence-corrected chi connectivity index (χ0v) is 14.1. The van der Waals surface area contributed by atoms with E-state index < -0.39 is 11.8 Å². The van der Waals surface area contributed by atoms with Crippen LogP contribution in [0.15, 0.2) is 0 Å². The Morgan fingerprint density at radius 2 is 1.68 bits per heavy atom. The maximum atomic E-state index is 12.7. The summed E-state index contributed by atoms with van der Waals surface area (Å²) in [5, 5.41) is 0. The van der Waals surface area contributed by atoms with Gasteiger partial charge in [-0.15, -0.1) is 24.8 Å². The number of carbonyl (C=O) groups is 1. The third-order valence-electron chi connectivity index (χ3n) is 4.35. The molecule has 0 bridgehead atoms. The Kier molecular flexibility index (Phi) is 9.73. The second-order valence-electron chi connectivity index (χ2n) is 5.58. The van der Waals surface area contributed by atoms with Crippen molar-refractivity contribution < 1.29 is 18.3 Å². The van der Waals surface area contributed by atoms with E-state index in [0.29, 0.717) is 58.8 Å². The van der Waals surface area contributed by atoms with Crippen LogP contribution in [0, 0.1) is 5.41 Å². The SMILES string of the molecule is Cl.Cl.NCC1(C(=O)N2CCN(CC(F)F)CC2)CCOCC1. The summed E-state index contributed by atoms with van der Waals surface area (Å²) in [5.74, 6) is 0.0694. The molecule has 0 aromatic heterocycles. The first-order valence-corrected chi connectivity index (χ1v) is 7.15. The van der Waals surface area contributed by atoms with Crippen molar-refractivity contribution in [3.05, 3.63) is 0 Å². The molecule has 0 unspecified atom stereocenters. The average molecular weight is 364 g/mol. The molecule has 0 aromatic carbocycles. The van der Waals surface area contributed by atoms with Gasteiger partial charge in [0.25, 0.3) is 6.43 Å². The molecule has 132 valence electrons. The molecule has 2 heterocycles. The molecule has 0 aliphatic carbocycles. The fraction of sp³-hybridized carbons (Fsp3) is 0.923. The lowest BCUT2D eigenvalue weighted by atomic mass is 9.78. The van der Waals surface area contributed by atoms with Gasteiger partial charge in [-0.25, -0.2) is 8.78 Å². The number of amides is 1. The van der Waals surface area contributed by atoms with Gasteiger partial charge in [0.15, 0.2) is 0 Å². The van der Waals surface area contributed by atoms with Crippen molar-refractivity contribution in [2.75, 3.05) is 52.5 Å². The molecule has 0 saturated carbocycles. The maximum absolute atomic E-state index is 12.7. The molecule has 5 nitrogen and oxygen atoms in total. The monoisotopic (exact) mass is 363 g/mol. The van der Waals surface area contributed by atoms with Gasteiger partial charge >= 0.3 is 0 Å². The van der Waals surface area contributed by atoms with E-state index in [1.54, 1.807) is 9.80 Å². The normalized spacial score (nSPS) is 21.9. The summed E-state index contributed by atoms with van der Waals surface area (Å²) in [6, 6.07) is 0. The number of piperazine rings is 1. The van der Waals surface area contributed by atoms with Gasteiger partial charge in [-0.3, -0.25) is 9.69 Å². The average Bonchev–Trinajstić information content (AvgIpc) is 2.47. The van der Waals surface area contributed by atoms with Crippen LogP contribution < -0.4 is 5.73 Å². The van der Waals surface area contributed by atoms with Crippen molar-refractivity contribution in [3.8, 4) is 0 Å². The number of hydrogen-bond acceptors (Lipinski definition) is 4. The smallest absolute Gasteiger partial charge is 0.251 e. The highest BCUT2D eigenvalue weighted by atomic mass is 35.5. The number of halogens is 4. The summed E-state index contributed by atoms with van der Waals surface area (Å²) in [5.41, 5.74) is 5.32.